The second kappa shape index (κ2) is 6.85. The van der Waals surface area contributed by atoms with Crippen LogP contribution in [0.5, 0.6) is 0 Å². The number of aryl methyl sites for hydroxylation is 1. The number of carboxylic acid groups (broad SMARTS) is 1. The Kier molecular flexibility index (Phi) is 4.78. The van der Waals surface area contributed by atoms with Crippen molar-refractivity contribution in [3.63, 3.8) is 0 Å². The van der Waals surface area contributed by atoms with Crippen molar-refractivity contribution in [1.82, 2.24) is 20.0 Å². The maximum atomic E-state index is 12.4. The molecule has 0 aliphatic carbocycles. The fourth-order valence-corrected chi connectivity index (χ4v) is 4.14. The van der Waals surface area contributed by atoms with Gasteiger partial charge in [0.15, 0.2) is 0 Å². The Hall–Kier alpha value is -2.38. The van der Waals surface area contributed by atoms with Gasteiger partial charge in [0.2, 0.25) is 11.8 Å². The quantitative estimate of drug-likeness (QED) is 0.813. The molecule has 1 spiro atoms. The van der Waals surface area contributed by atoms with Gasteiger partial charge >= 0.3 is 5.97 Å². The van der Waals surface area contributed by atoms with Crippen LogP contribution >= 0.6 is 0 Å². The minimum atomic E-state index is -0.919. The summed E-state index contributed by atoms with van der Waals surface area (Å²) in [6, 6.07) is 0. The molecular weight excluding hydrogens is 324 g/mol. The van der Waals surface area contributed by atoms with Gasteiger partial charge in [-0.15, -0.1) is 0 Å². The lowest BCUT2D eigenvalue weighted by Gasteiger charge is -2.45. The third kappa shape index (κ3) is 3.25. The normalized spacial score (nSPS) is 22.6. The number of aromatic amines is 1. The number of hydrogen-bond donors (Lipinski definition) is 2. The largest absolute Gasteiger partial charge is 0.481 e. The van der Waals surface area contributed by atoms with Crippen LogP contribution in [0.15, 0.2) is 12.4 Å². The number of nitrogens with one attached hydrogen (secondary N) is 1. The van der Waals surface area contributed by atoms with Gasteiger partial charge in [0.05, 0.1) is 17.7 Å². The molecule has 3 heterocycles. The number of H-pyrrole nitrogens is 1. The third-order valence-electron chi connectivity index (χ3n) is 5.76. The molecule has 1 aromatic heterocycles. The summed E-state index contributed by atoms with van der Waals surface area (Å²) >= 11 is 0. The lowest BCUT2D eigenvalue weighted by molar-refractivity contribution is -0.147. The lowest BCUT2D eigenvalue weighted by atomic mass is 9.77. The molecule has 2 amide bonds. The molecule has 1 aromatic rings. The molecule has 0 radical (unpaired) electrons. The van der Waals surface area contributed by atoms with Gasteiger partial charge in [-0.3, -0.25) is 19.5 Å². The second-order valence-electron chi connectivity index (χ2n) is 6.99. The van der Waals surface area contributed by atoms with E-state index in [2.05, 4.69) is 10.2 Å². The van der Waals surface area contributed by atoms with Crippen molar-refractivity contribution in [2.45, 2.75) is 44.1 Å². The molecule has 1 atom stereocenters. The Morgan fingerprint density at radius 1 is 1.40 bits per heavy atom. The van der Waals surface area contributed by atoms with Gasteiger partial charge in [-0.25, -0.2) is 0 Å². The summed E-state index contributed by atoms with van der Waals surface area (Å²) in [5.41, 5.74) is 0.442. The number of hydrogen-bond acceptors (Lipinski definition) is 4. The lowest BCUT2D eigenvalue weighted by Crippen LogP contribution is -2.56. The summed E-state index contributed by atoms with van der Waals surface area (Å²) in [7, 11) is 1.69. The van der Waals surface area contributed by atoms with E-state index in [1.54, 1.807) is 23.0 Å². The Balaban J connectivity index is 1.54. The van der Waals surface area contributed by atoms with Gasteiger partial charge in [-0.2, -0.15) is 5.10 Å². The number of nitrogens with zero attached hydrogens (tertiary/aromatic N) is 3. The number of carbonyl (C=O) groups excluding carboxylic acids is 2. The number of piperidine rings is 1. The van der Waals surface area contributed by atoms with Crippen molar-refractivity contribution < 1.29 is 19.5 Å². The van der Waals surface area contributed by atoms with E-state index in [1.807, 2.05) is 6.20 Å². The topological polar surface area (TPSA) is 107 Å². The van der Waals surface area contributed by atoms with E-state index in [9.17, 15) is 19.5 Å². The van der Waals surface area contributed by atoms with E-state index in [4.69, 9.17) is 0 Å². The SMILES string of the molecule is CN1C(=O)C[C@@H](C(=O)O)C12CCN(C(=O)CCCc1cn[nH]c1)CC2. The van der Waals surface area contributed by atoms with Gasteiger partial charge in [0, 0.05) is 39.2 Å². The van der Waals surface area contributed by atoms with Crippen molar-refractivity contribution in [2.75, 3.05) is 20.1 Å². The zero-order chi connectivity index (χ0) is 18.0. The number of likely N-dealkylation sites (tertiary alicyclic amines) is 2. The van der Waals surface area contributed by atoms with Crippen LogP contribution in [-0.2, 0) is 20.8 Å². The highest BCUT2D eigenvalue weighted by atomic mass is 16.4. The predicted molar refractivity (Wildman–Crippen MR) is 88.6 cm³/mol. The Bertz CT molecular complexity index is 650. The molecule has 136 valence electrons. The van der Waals surface area contributed by atoms with E-state index in [0.29, 0.717) is 32.4 Å². The van der Waals surface area contributed by atoms with E-state index in [1.165, 1.54) is 0 Å². The van der Waals surface area contributed by atoms with Gasteiger partial charge < -0.3 is 14.9 Å². The Morgan fingerprint density at radius 2 is 2.12 bits per heavy atom. The molecule has 0 aromatic carbocycles. The number of rotatable bonds is 5. The summed E-state index contributed by atoms with van der Waals surface area (Å²) in [4.78, 5) is 39.4. The molecule has 0 saturated carbocycles. The van der Waals surface area contributed by atoms with E-state index in [-0.39, 0.29) is 18.2 Å². The summed E-state index contributed by atoms with van der Waals surface area (Å²) in [5.74, 6) is -1.62. The molecule has 8 nitrogen and oxygen atoms in total. The first-order valence-corrected chi connectivity index (χ1v) is 8.69. The number of aliphatic carboxylic acids is 1. The molecule has 0 unspecified atom stereocenters. The number of carbonyl (C=O) groups is 3. The fourth-order valence-electron chi connectivity index (χ4n) is 4.14. The van der Waals surface area contributed by atoms with Crippen LogP contribution in [0.4, 0.5) is 0 Å². The van der Waals surface area contributed by atoms with Crippen LogP contribution in [0, 0.1) is 5.92 Å². The predicted octanol–water partition coefficient (Wildman–Crippen LogP) is 0.657. The van der Waals surface area contributed by atoms with Crippen LogP contribution < -0.4 is 0 Å². The summed E-state index contributed by atoms with van der Waals surface area (Å²) in [5, 5.41) is 16.1. The molecule has 3 rings (SSSR count). The molecule has 2 fully saturated rings. The van der Waals surface area contributed by atoms with E-state index < -0.39 is 17.4 Å². The monoisotopic (exact) mass is 348 g/mol. The van der Waals surface area contributed by atoms with E-state index >= 15 is 0 Å². The van der Waals surface area contributed by atoms with Crippen molar-refractivity contribution >= 4 is 17.8 Å². The van der Waals surface area contributed by atoms with Crippen LogP contribution in [-0.4, -0.2) is 68.6 Å². The minimum Gasteiger partial charge on any atom is -0.481 e. The van der Waals surface area contributed by atoms with Crippen molar-refractivity contribution in [2.24, 2.45) is 5.92 Å². The molecule has 2 aliphatic heterocycles. The number of carboxylic acids is 1. The first kappa shape index (κ1) is 17.4. The van der Waals surface area contributed by atoms with Crippen molar-refractivity contribution in [3.05, 3.63) is 18.0 Å². The fraction of sp³-hybridized carbons (Fsp3) is 0.647. The molecule has 2 saturated heterocycles. The van der Waals surface area contributed by atoms with Gasteiger partial charge in [-0.1, -0.05) is 0 Å². The average molecular weight is 348 g/mol. The maximum absolute atomic E-state index is 12.4. The highest BCUT2D eigenvalue weighted by Gasteiger charge is 2.55. The second-order valence-corrected chi connectivity index (χ2v) is 6.99. The molecule has 2 aliphatic rings. The van der Waals surface area contributed by atoms with Crippen molar-refractivity contribution in [3.8, 4) is 0 Å². The molecule has 2 N–H and O–H groups in total. The standard InChI is InChI=1S/C17H24N4O4/c1-20-15(23)9-13(16(24)25)17(20)5-7-21(8-6-17)14(22)4-2-3-12-10-18-19-11-12/h10-11,13H,2-9H2,1H3,(H,18,19)(H,24,25)/t13-/m0/s1. The van der Waals surface area contributed by atoms with E-state index in [0.717, 1.165) is 18.4 Å². The third-order valence-corrected chi connectivity index (χ3v) is 5.76. The Morgan fingerprint density at radius 3 is 2.72 bits per heavy atom. The summed E-state index contributed by atoms with van der Waals surface area (Å²) in [6.45, 7) is 1.01. The van der Waals surface area contributed by atoms with Crippen LogP contribution in [0.1, 0.15) is 37.7 Å². The summed E-state index contributed by atoms with van der Waals surface area (Å²) < 4.78 is 0. The molecule has 8 heteroatoms. The number of aromatic nitrogens is 2. The van der Waals surface area contributed by atoms with Crippen LogP contribution in [0.3, 0.4) is 0 Å². The summed E-state index contributed by atoms with van der Waals surface area (Å²) in [6.07, 6.45) is 6.73. The average Bonchev–Trinajstić information content (AvgIpc) is 3.19. The minimum absolute atomic E-state index is 0.0600. The molecule has 25 heavy (non-hydrogen) atoms. The first-order chi connectivity index (χ1) is 11.9. The smallest absolute Gasteiger partial charge is 0.309 e. The van der Waals surface area contributed by atoms with Crippen LogP contribution in [0.25, 0.3) is 0 Å². The molecule has 0 bridgehead atoms. The van der Waals surface area contributed by atoms with Gasteiger partial charge in [0.25, 0.3) is 0 Å². The highest BCUT2D eigenvalue weighted by Crippen LogP contribution is 2.42. The van der Waals surface area contributed by atoms with Gasteiger partial charge in [-0.05, 0) is 31.2 Å². The Labute approximate surface area is 146 Å². The van der Waals surface area contributed by atoms with Crippen LogP contribution in [0.2, 0.25) is 0 Å². The van der Waals surface area contributed by atoms with Gasteiger partial charge in [0.1, 0.15) is 0 Å². The van der Waals surface area contributed by atoms with Crippen molar-refractivity contribution in [1.29, 1.82) is 0 Å². The number of amides is 2. The zero-order valence-corrected chi connectivity index (χ0v) is 14.4. The highest BCUT2D eigenvalue weighted by molar-refractivity contribution is 5.88. The maximum Gasteiger partial charge on any atom is 0.309 e. The first-order valence-electron chi connectivity index (χ1n) is 8.69. The molecular formula is C17H24N4O4. The zero-order valence-electron chi connectivity index (χ0n) is 14.4.